The predicted octanol–water partition coefficient (Wildman–Crippen LogP) is 3.45. The number of anilines is 1. The molecule has 0 radical (unpaired) electrons. The molecule has 3 rings (SSSR count). The molecule has 3 aromatic rings. The molecule has 2 N–H and O–H groups in total. The lowest BCUT2D eigenvalue weighted by molar-refractivity contribution is 0.849. The average Bonchev–Trinajstić information content (AvgIpc) is 2.99. The van der Waals surface area contributed by atoms with Gasteiger partial charge in [0.05, 0.1) is 17.6 Å². The van der Waals surface area contributed by atoms with E-state index in [1.54, 1.807) is 23.1 Å². The summed E-state index contributed by atoms with van der Waals surface area (Å²) in [6, 6.07) is 6.22. The minimum atomic E-state index is 0.816. The van der Waals surface area contributed by atoms with Crippen molar-refractivity contribution in [2.75, 3.05) is 12.0 Å². The van der Waals surface area contributed by atoms with Crippen molar-refractivity contribution in [3.63, 3.8) is 0 Å². The van der Waals surface area contributed by atoms with E-state index in [9.17, 15) is 0 Å². The molecule has 0 saturated heterocycles. The molecule has 0 unspecified atom stereocenters. The number of nitrogens with zero attached hydrogens (tertiary/aromatic N) is 2. The Kier molecular flexibility index (Phi) is 3.01. The molecule has 3 nitrogen and oxygen atoms in total. The molecule has 0 aliphatic heterocycles. The van der Waals surface area contributed by atoms with E-state index < -0.39 is 0 Å². The third-order valence-electron chi connectivity index (χ3n) is 2.90. The molecule has 2 aromatic heterocycles. The van der Waals surface area contributed by atoms with Gasteiger partial charge in [0.2, 0.25) is 0 Å². The standard InChI is InChI=1S/C13H13N3S2/c1-17-13-5-9(14)4-12-11(13)2-3-16(12)7-10-6-15-8-18-10/h2-6,8H,7,14H2,1H3. The molecular weight excluding hydrogens is 262 g/mol. The van der Waals surface area contributed by atoms with Gasteiger partial charge >= 0.3 is 0 Å². The largest absolute Gasteiger partial charge is 0.399 e. The number of hydrogen-bond acceptors (Lipinski definition) is 4. The quantitative estimate of drug-likeness (QED) is 0.588. The molecule has 0 saturated carbocycles. The molecule has 0 spiro atoms. The lowest BCUT2D eigenvalue weighted by Gasteiger charge is -2.06. The Hall–Kier alpha value is -1.46. The first kappa shape index (κ1) is 11.6. The third kappa shape index (κ3) is 2.00. The summed E-state index contributed by atoms with van der Waals surface area (Å²) in [5.41, 5.74) is 9.83. The molecule has 0 amide bonds. The Balaban J connectivity index is 2.11. The molecule has 0 aliphatic rings. The molecule has 2 heterocycles. The van der Waals surface area contributed by atoms with Crippen LogP contribution in [0, 0.1) is 0 Å². The lowest BCUT2D eigenvalue weighted by atomic mass is 10.2. The van der Waals surface area contributed by atoms with E-state index in [1.807, 2.05) is 23.8 Å². The highest BCUT2D eigenvalue weighted by atomic mass is 32.2. The second-order valence-corrected chi connectivity index (χ2v) is 5.89. The van der Waals surface area contributed by atoms with E-state index in [0.717, 1.165) is 12.2 Å². The van der Waals surface area contributed by atoms with Gasteiger partial charge in [-0.15, -0.1) is 23.1 Å². The third-order valence-corrected chi connectivity index (χ3v) is 4.44. The number of thiazole rings is 1. The first-order chi connectivity index (χ1) is 8.78. The van der Waals surface area contributed by atoms with Crippen LogP contribution in [-0.2, 0) is 6.54 Å². The van der Waals surface area contributed by atoms with Crippen molar-refractivity contribution in [2.45, 2.75) is 11.4 Å². The van der Waals surface area contributed by atoms with Crippen LogP contribution in [0.3, 0.4) is 0 Å². The average molecular weight is 275 g/mol. The minimum Gasteiger partial charge on any atom is -0.399 e. The summed E-state index contributed by atoms with van der Waals surface area (Å²) in [5, 5.41) is 1.27. The summed E-state index contributed by atoms with van der Waals surface area (Å²) >= 11 is 3.41. The van der Waals surface area contributed by atoms with Crippen LogP contribution in [0.4, 0.5) is 5.69 Å². The van der Waals surface area contributed by atoms with Gasteiger partial charge in [-0.2, -0.15) is 0 Å². The Bertz CT molecular complexity index is 671. The van der Waals surface area contributed by atoms with Gasteiger partial charge in [-0.1, -0.05) is 0 Å². The summed E-state index contributed by atoms with van der Waals surface area (Å²) < 4.78 is 2.22. The molecule has 1 aromatic carbocycles. The number of rotatable bonds is 3. The summed E-state index contributed by atoms with van der Waals surface area (Å²) in [6.07, 6.45) is 6.11. The zero-order valence-electron chi connectivity index (χ0n) is 9.96. The highest BCUT2D eigenvalue weighted by Crippen LogP contribution is 2.30. The number of benzene rings is 1. The van der Waals surface area contributed by atoms with Crippen molar-refractivity contribution in [3.05, 3.63) is 41.0 Å². The topological polar surface area (TPSA) is 43.8 Å². The van der Waals surface area contributed by atoms with Crippen molar-refractivity contribution in [1.82, 2.24) is 9.55 Å². The molecule has 5 heteroatoms. The Morgan fingerprint density at radius 1 is 1.44 bits per heavy atom. The zero-order chi connectivity index (χ0) is 12.5. The minimum absolute atomic E-state index is 0.816. The number of nitrogen functional groups attached to an aromatic ring is 1. The zero-order valence-corrected chi connectivity index (χ0v) is 11.6. The summed E-state index contributed by atoms with van der Waals surface area (Å²) in [7, 11) is 0. The molecule has 92 valence electrons. The fourth-order valence-electron chi connectivity index (χ4n) is 2.08. The Labute approximate surface area is 114 Å². The molecule has 0 atom stereocenters. The maximum Gasteiger partial charge on any atom is 0.0794 e. The van der Waals surface area contributed by atoms with Crippen LogP contribution in [0.15, 0.2) is 41.0 Å². The number of thioether (sulfide) groups is 1. The SMILES string of the molecule is CSc1cc(N)cc2c1ccn2Cc1cncs1. The van der Waals surface area contributed by atoms with E-state index in [4.69, 9.17) is 5.73 Å². The van der Waals surface area contributed by atoms with Crippen LogP contribution in [0.5, 0.6) is 0 Å². The highest BCUT2D eigenvalue weighted by molar-refractivity contribution is 7.98. The number of hydrogen-bond donors (Lipinski definition) is 1. The molecule has 0 fully saturated rings. The van der Waals surface area contributed by atoms with Gasteiger partial charge in [0, 0.05) is 33.2 Å². The van der Waals surface area contributed by atoms with Crippen LogP contribution in [-0.4, -0.2) is 15.8 Å². The smallest absolute Gasteiger partial charge is 0.0794 e. The van der Waals surface area contributed by atoms with E-state index in [-0.39, 0.29) is 0 Å². The van der Waals surface area contributed by atoms with Crippen molar-refractivity contribution >= 4 is 39.7 Å². The van der Waals surface area contributed by atoms with Crippen LogP contribution < -0.4 is 5.73 Å². The lowest BCUT2D eigenvalue weighted by Crippen LogP contribution is -1.96. The van der Waals surface area contributed by atoms with Gasteiger partial charge in [-0.3, -0.25) is 4.98 Å². The Morgan fingerprint density at radius 2 is 2.33 bits per heavy atom. The summed E-state index contributed by atoms with van der Waals surface area (Å²) in [5.74, 6) is 0. The second kappa shape index (κ2) is 4.66. The molecule has 0 aliphatic carbocycles. The van der Waals surface area contributed by atoms with Gasteiger partial charge in [0.25, 0.3) is 0 Å². The summed E-state index contributed by atoms with van der Waals surface area (Å²) in [4.78, 5) is 6.59. The van der Waals surface area contributed by atoms with Gasteiger partial charge in [0.1, 0.15) is 0 Å². The maximum absolute atomic E-state index is 5.97. The molecule has 18 heavy (non-hydrogen) atoms. The van der Waals surface area contributed by atoms with Crippen LogP contribution in [0.1, 0.15) is 4.88 Å². The maximum atomic E-state index is 5.97. The second-order valence-electron chi connectivity index (χ2n) is 4.07. The normalized spacial score (nSPS) is 11.2. The molecule has 0 bridgehead atoms. The highest BCUT2D eigenvalue weighted by Gasteiger charge is 2.07. The molecular formula is C13H13N3S2. The van der Waals surface area contributed by atoms with Crippen LogP contribution in [0.25, 0.3) is 10.9 Å². The first-order valence-corrected chi connectivity index (χ1v) is 7.68. The number of fused-ring (bicyclic) bond motifs is 1. The number of aromatic nitrogens is 2. The van der Waals surface area contributed by atoms with Crippen molar-refractivity contribution < 1.29 is 0 Å². The van der Waals surface area contributed by atoms with Crippen molar-refractivity contribution in [1.29, 1.82) is 0 Å². The summed E-state index contributed by atoms with van der Waals surface area (Å²) in [6.45, 7) is 0.853. The van der Waals surface area contributed by atoms with Gasteiger partial charge in [-0.05, 0) is 24.5 Å². The first-order valence-electron chi connectivity index (χ1n) is 5.57. The van der Waals surface area contributed by atoms with Gasteiger partial charge < -0.3 is 10.3 Å². The number of nitrogens with two attached hydrogens (primary N) is 1. The van der Waals surface area contributed by atoms with E-state index in [1.165, 1.54) is 20.7 Å². The van der Waals surface area contributed by atoms with E-state index >= 15 is 0 Å². The van der Waals surface area contributed by atoms with Gasteiger partial charge in [-0.25, -0.2) is 0 Å². The monoisotopic (exact) mass is 275 g/mol. The van der Waals surface area contributed by atoms with E-state index in [2.05, 4.69) is 28.1 Å². The fourth-order valence-corrected chi connectivity index (χ4v) is 3.32. The van der Waals surface area contributed by atoms with Gasteiger partial charge in [0.15, 0.2) is 0 Å². The van der Waals surface area contributed by atoms with Crippen molar-refractivity contribution in [2.24, 2.45) is 0 Å². The van der Waals surface area contributed by atoms with Crippen LogP contribution >= 0.6 is 23.1 Å². The van der Waals surface area contributed by atoms with E-state index in [0.29, 0.717) is 0 Å². The Morgan fingerprint density at radius 3 is 3.06 bits per heavy atom. The predicted molar refractivity (Wildman–Crippen MR) is 79.3 cm³/mol. The fraction of sp³-hybridized carbons (Fsp3) is 0.154. The van der Waals surface area contributed by atoms with Crippen LogP contribution in [0.2, 0.25) is 0 Å². The van der Waals surface area contributed by atoms with Crippen molar-refractivity contribution in [3.8, 4) is 0 Å².